The summed E-state index contributed by atoms with van der Waals surface area (Å²) in [6.45, 7) is 2.94. The van der Waals surface area contributed by atoms with Crippen molar-refractivity contribution in [1.82, 2.24) is 29.4 Å². The largest absolute Gasteiger partial charge is 0.433 e. The van der Waals surface area contributed by atoms with Crippen molar-refractivity contribution in [3.63, 3.8) is 0 Å². The zero-order chi connectivity index (χ0) is 27.2. The summed E-state index contributed by atoms with van der Waals surface area (Å²) in [5, 5.41) is 8.82. The van der Waals surface area contributed by atoms with Gasteiger partial charge in [0.25, 0.3) is 11.8 Å². The number of carbonyl (C=O) groups is 2. The summed E-state index contributed by atoms with van der Waals surface area (Å²) in [5.74, 6) is 4.44. The first kappa shape index (κ1) is 25.3. The second-order valence-electron chi connectivity index (χ2n) is 9.81. The van der Waals surface area contributed by atoms with E-state index in [4.69, 9.17) is 11.5 Å². The summed E-state index contributed by atoms with van der Waals surface area (Å²) in [6.07, 6.45) is 1.91. The molecule has 10 nitrogen and oxygen atoms in total. The Morgan fingerprint density at radius 3 is 2.74 bits per heavy atom. The summed E-state index contributed by atoms with van der Waals surface area (Å²) in [6, 6.07) is 2.36. The van der Waals surface area contributed by atoms with E-state index in [1.165, 1.54) is 16.9 Å². The van der Waals surface area contributed by atoms with Crippen molar-refractivity contribution in [3.05, 3.63) is 47.5 Å². The fraction of sp³-hybridized carbons (Fsp3) is 0.400. The number of primary amides is 1. The molecule has 1 aliphatic carbocycles. The van der Waals surface area contributed by atoms with Gasteiger partial charge in [-0.05, 0) is 55.2 Å². The van der Waals surface area contributed by atoms with Gasteiger partial charge >= 0.3 is 6.18 Å². The van der Waals surface area contributed by atoms with E-state index in [0.29, 0.717) is 24.2 Å². The van der Waals surface area contributed by atoms with Crippen LogP contribution in [-0.4, -0.2) is 54.3 Å². The highest BCUT2D eigenvalue weighted by Gasteiger charge is 2.51. The molecule has 1 aliphatic heterocycles. The molecule has 0 bridgehead atoms. The van der Waals surface area contributed by atoms with Crippen molar-refractivity contribution in [3.8, 4) is 23.1 Å². The molecule has 3 aromatic heterocycles. The van der Waals surface area contributed by atoms with Gasteiger partial charge in [-0.2, -0.15) is 23.4 Å². The zero-order valence-electron chi connectivity index (χ0n) is 20.5. The Bertz CT molecular complexity index is 1470. The standard InChI is InChI=1S/C25H25F3N8O2/c1-2-3-19(37)34-7-5-24(14-34)9-17(10-24)36-22(29)20(23(30)38)21(33-36)16-11-32-35(13-16)12-15-4-6-31-18(8-15)25(26,27)28/h4,6,8,11,13,17H,5,7,9-10,12,14,29H2,1H3,(H2,30,38). The molecule has 2 fully saturated rings. The molecule has 38 heavy (non-hydrogen) atoms. The van der Waals surface area contributed by atoms with E-state index in [2.05, 4.69) is 27.0 Å². The topological polar surface area (TPSA) is 138 Å². The third-order valence-electron chi connectivity index (χ3n) is 7.20. The average Bonchev–Trinajstić information content (AvgIpc) is 3.55. The molecule has 3 aromatic rings. The number of rotatable bonds is 5. The molecule has 1 saturated carbocycles. The van der Waals surface area contributed by atoms with E-state index in [1.54, 1.807) is 22.7 Å². The van der Waals surface area contributed by atoms with E-state index in [1.807, 2.05) is 0 Å². The molecule has 0 unspecified atom stereocenters. The molecular formula is C25H25F3N8O2. The third-order valence-corrected chi connectivity index (χ3v) is 7.20. The lowest BCUT2D eigenvalue weighted by Crippen LogP contribution is -2.42. The van der Waals surface area contributed by atoms with Crippen LogP contribution in [0.2, 0.25) is 0 Å². The minimum atomic E-state index is -4.55. The van der Waals surface area contributed by atoms with Crippen molar-refractivity contribution >= 4 is 17.6 Å². The number of amides is 2. The van der Waals surface area contributed by atoms with Crippen molar-refractivity contribution in [2.45, 2.75) is 44.9 Å². The van der Waals surface area contributed by atoms with Gasteiger partial charge in [0, 0.05) is 31.0 Å². The molecule has 4 N–H and O–H groups in total. The van der Waals surface area contributed by atoms with Crippen LogP contribution < -0.4 is 11.5 Å². The summed E-state index contributed by atoms with van der Waals surface area (Å²) in [5.41, 5.74) is 12.1. The van der Waals surface area contributed by atoms with Gasteiger partial charge in [-0.15, -0.1) is 0 Å². The Hall–Kier alpha value is -4.34. The second kappa shape index (κ2) is 9.20. The summed E-state index contributed by atoms with van der Waals surface area (Å²) >= 11 is 0. The van der Waals surface area contributed by atoms with Gasteiger partial charge in [0.1, 0.15) is 22.8 Å². The fourth-order valence-electron chi connectivity index (χ4n) is 5.40. The minimum Gasteiger partial charge on any atom is -0.383 e. The first-order valence-electron chi connectivity index (χ1n) is 11.9. The SMILES string of the molecule is CC#CC(=O)N1CCC2(CC(n3nc(-c4cnn(Cc5ccnc(C(F)(F)F)c5)c4)c(C(N)=O)c3N)C2)C1. The van der Waals surface area contributed by atoms with Crippen LogP contribution >= 0.6 is 0 Å². The number of anilines is 1. The Morgan fingerprint density at radius 1 is 1.29 bits per heavy atom. The Kier molecular flexibility index (Phi) is 6.13. The number of hydrogen-bond donors (Lipinski definition) is 2. The lowest BCUT2D eigenvalue weighted by molar-refractivity contribution is -0.141. The first-order chi connectivity index (χ1) is 18.0. The van der Waals surface area contributed by atoms with Crippen molar-refractivity contribution in [1.29, 1.82) is 0 Å². The molecule has 2 aliphatic rings. The molecular weight excluding hydrogens is 501 g/mol. The smallest absolute Gasteiger partial charge is 0.383 e. The quantitative estimate of drug-likeness (QED) is 0.490. The van der Waals surface area contributed by atoms with Crippen LogP contribution in [-0.2, 0) is 17.5 Å². The van der Waals surface area contributed by atoms with Crippen LogP contribution in [0.3, 0.4) is 0 Å². The van der Waals surface area contributed by atoms with Gasteiger partial charge in [-0.3, -0.25) is 19.3 Å². The number of likely N-dealkylation sites (tertiary alicyclic amines) is 1. The van der Waals surface area contributed by atoms with Crippen molar-refractivity contribution < 1.29 is 22.8 Å². The lowest BCUT2D eigenvalue weighted by atomic mass is 9.65. The molecule has 4 heterocycles. The number of pyridine rings is 1. The number of carbonyl (C=O) groups excluding carboxylic acids is 2. The molecule has 5 rings (SSSR count). The van der Waals surface area contributed by atoms with E-state index in [-0.39, 0.29) is 41.0 Å². The number of nitrogens with zero attached hydrogens (tertiary/aromatic N) is 6. The van der Waals surface area contributed by atoms with Gasteiger partial charge in [0.15, 0.2) is 0 Å². The summed E-state index contributed by atoms with van der Waals surface area (Å²) < 4.78 is 42.0. The number of halogens is 3. The maximum atomic E-state index is 13.0. The number of nitrogens with two attached hydrogens (primary N) is 2. The minimum absolute atomic E-state index is 0.0358. The van der Waals surface area contributed by atoms with E-state index < -0.39 is 17.8 Å². The van der Waals surface area contributed by atoms with Gasteiger partial charge in [-0.1, -0.05) is 5.92 Å². The molecule has 13 heteroatoms. The molecule has 0 aromatic carbocycles. The maximum absolute atomic E-state index is 13.0. The van der Waals surface area contributed by atoms with Crippen molar-refractivity contribution in [2.24, 2.45) is 11.1 Å². The zero-order valence-corrected chi connectivity index (χ0v) is 20.5. The highest BCUT2D eigenvalue weighted by atomic mass is 19.4. The Labute approximate surface area is 215 Å². The second-order valence-corrected chi connectivity index (χ2v) is 9.81. The van der Waals surface area contributed by atoms with E-state index in [9.17, 15) is 22.8 Å². The molecule has 0 radical (unpaired) electrons. The number of hydrogen-bond acceptors (Lipinski definition) is 6. The van der Waals surface area contributed by atoms with Crippen molar-refractivity contribution in [2.75, 3.05) is 18.8 Å². The van der Waals surface area contributed by atoms with Crippen LogP contribution in [0, 0.1) is 17.3 Å². The molecule has 1 saturated heterocycles. The van der Waals surface area contributed by atoms with Crippen LogP contribution in [0.15, 0.2) is 30.7 Å². The number of aromatic nitrogens is 5. The normalized spacial score (nSPS) is 20.7. The van der Waals surface area contributed by atoms with Gasteiger partial charge in [0.2, 0.25) is 0 Å². The van der Waals surface area contributed by atoms with Crippen LogP contribution in [0.4, 0.5) is 19.0 Å². The maximum Gasteiger partial charge on any atom is 0.433 e. The van der Waals surface area contributed by atoms with Gasteiger partial charge < -0.3 is 16.4 Å². The van der Waals surface area contributed by atoms with Crippen LogP contribution in [0.5, 0.6) is 0 Å². The monoisotopic (exact) mass is 526 g/mol. The highest BCUT2D eigenvalue weighted by Crippen LogP contribution is 2.54. The third kappa shape index (κ3) is 4.57. The average molecular weight is 527 g/mol. The summed E-state index contributed by atoms with van der Waals surface area (Å²) in [7, 11) is 0. The molecule has 2 amide bonds. The Morgan fingerprint density at radius 2 is 2.05 bits per heavy atom. The summed E-state index contributed by atoms with van der Waals surface area (Å²) in [4.78, 5) is 29.6. The number of alkyl halides is 3. The first-order valence-corrected chi connectivity index (χ1v) is 11.9. The van der Waals surface area contributed by atoms with E-state index in [0.717, 1.165) is 31.5 Å². The number of nitrogen functional groups attached to an aromatic ring is 1. The lowest BCUT2D eigenvalue weighted by Gasteiger charge is -2.45. The van der Waals surface area contributed by atoms with Crippen LogP contribution in [0.25, 0.3) is 11.3 Å². The fourth-order valence-corrected chi connectivity index (χ4v) is 5.40. The Balaban J connectivity index is 1.35. The molecule has 0 atom stereocenters. The predicted octanol–water partition coefficient (Wildman–Crippen LogP) is 2.47. The van der Waals surface area contributed by atoms with Gasteiger partial charge in [0.05, 0.1) is 18.8 Å². The van der Waals surface area contributed by atoms with Crippen LogP contribution in [0.1, 0.15) is 53.8 Å². The highest BCUT2D eigenvalue weighted by molar-refractivity contribution is 6.03. The predicted molar refractivity (Wildman–Crippen MR) is 130 cm³/mol. The molecule has 1 spiro atoms. The van der Waals surface area contributed by atoms with Gasteiger partial charge in [-0.25, -0.2) is 4.68 Å². The van der Waals surface area contributed by atoms with E-state index >= 15 is 0 Å². The molecule has 198 valence electrons.